The van der Waals surface area contributed by atoms with Crippen molar-refractivity contribution in [2.75, 3.05) is 5.32 Å². The molecule has 2 heterocycles. The molecule has 0 fully saturated rings. The molecule has 0 saturated carbocycles. The van der Waals surface area contributed by atoms with Gasteiger partial charge in [-0.3, -0.25) is 19.0 Å². The van der Waals surface area contributed by atoms with Crippen molar-refractivity contribution in [3.63, 3.8) is 0 Å². The summed E-state index contributed by atoms with van der Waals surface area (Å²) in [6.07, 6.45) is 2.90. The SMILES string of the molecule is O=C(Cn1cnc2ccccc2c1=O)Nc1ccc(=O)n(Cc2ccccc2Cl)c1. The number of hydrogen-bond donors (Lipinski definition) is 1. The van der Waals surface area contributed by atoms with Crippen molar-refractivity contribution < 1.29 is 4.79 Å². The summed E-state index contributed by atoms with van der Waals surface area (Å²) in [5, 5.41) is 3.72. The van der Waals surface area contributed by atoms with Gasteiger partial charge in [0, 0.05) is 17.3 Å². The van der Waals surface area contributed by atoms with Gasteiger partial charge in [0.1, 0.15) is 6.54 Å². The molecule has 0 aliphatic carbocycles. The average Bonchev–Trinajstić information content (AvgIpc) is 2.74. The van der Waals surface area contributed by atoms with Crippen LogP contribution in [0.3, 0.4) is 0 Å². The summed E-state index contributed by atoms with van der Waals surface area (Å²) >= 11 is 6.17. The Labute approximate surface area is 176 Å². The van der Waals surface area contributed by atoms with E-state index in [-0.39, 0.29) is 24.2 Å². The fourth-order valence-electron chi connectivity index (χ4n) is 3.11. The van der Waals surface area contributed by atoms with Gasteiger partial charge in [-0.15, -0.1) is 0 Å². The summed E-state index contributed by atoms with van der Waals surface area (Å²) in [4.78, 5) is 41.4. The zero-order valence-electron chi connectivity index (χ0n) is 15.8. The molecule has 1 amide bonds. The molecule has 2 aromatic carbocycles. The molecule has 1 N–H and O–H groups in total. The maximum atomic E-state index is 12.5. The lowest BCUT2D eigenvalue weighted by Crippen LogP contribution is -2.28. The number of halogens is 1. The Kier molecular flexibility index (Phi) is 5.45. The second-order valence-corrected chi connectivity index (χ2v) is 7.13. The highest BCUT2D eigenvalue weighted by Crippen LogP contribution is 2.16. The number of aromatic nitrogens is 3. The van der Waals surface area contributed by atoms with Crippen molar-refractivity contribution in [1.82, 2.24) is 14.1 Å². The maximum absolute atomic E-state index is 12.5. The summed E-state index contributed by atoms with van der Waals surface area (Å²) in [6, 6.07) is 17.1. The molecular weight excluding hydrogens is 404 g/mol. The number of pyridine rings is 1. The largest absolute Gasteiger partial charge is 0.323 e. The predicted molar refractivity (Wildman–Crippen MR) is 116 cm³/mol. The van der Waals surface area contributed by atoms with Crippen LogP contribution in [0.25, 0.3) is 10.9 Å². The fraction of sp³-hybridized carbons (Fsp3) is 0.0909. The third-order valence-corrected chi connectivity index (χ3v) is 4.98. The van der Waals surface area contributed by atoms with Gasteiger partial charge in [-0.05, 0) is 29.8 Å². The first kappa shape index (κ1) is 19.6. The van der Waals surface area contributed by atoms with Crippen molar-refractivity contribution in [1.29, 1.82) is 0 Å². The second-order valence-electron chi connectivity index (χ2n) is 6.72. The molecule has 4 rings (SSSR count). The van der Waals surface area contributed by atoms with Crippen LogP contribution in [0, 0.1) is 0 Å². The Balaban J connectivity index is 1.53. The minimum atomic E-state index is -0.405. The molecule has 0 spiro atoms. The Bertz CT molecular complexity index is 1360. The Morgan fingerprint density at radius 2 is 1.73 bits per heavy atom. The Morgan fingerprint density at radius 3 is 2.57 bits per heavy atom. The van der Waals surface area contributed by atoms with E-state index in [0.717, 1.165) is 5.56 Å². The number of benzene rings is 2. The Morgan fingerprint density at radius 1 is 0.967 bits per heavy atom. The van der Waals surface area contributed by atoms with Gasteiger partial charge in [0.25, 0.3) is 11.1 Å². The Hall–Kier alpha value is -3.71. The normalized spacial score (nSPS) is 10.8. The molecule has 0 aliphatic heterocycles. The number of anilines is 1. The lowest BCUT2D eigenvalue weighted by atomic mass is 10.2. The highest BCUT2D eigenvalue weighted by molar-refractivity contribution is 6.31. The van der Waals surface area contributed by atoms with Gasteiger partial charge >= 0.3 is 0 Å². The number of carbonyl (C=O) groups excluding carboxylic acids is 1. The second kappa shape index (κ2) is 8.34. The van der Waals surface area contributed by atoms with Gasteiger partial charge in [-0.1, -0.05) is 41.9 Å². The van der Waals surface area contributed by atoms with Crippen LogP contribution < -0.4 is 16.4 Å². The van der Waals surface area contributed by atoms with E-state index in [9.17, 15) is 14.4 Å². The standard InChI is InChI=1S/C22H17ClN4O3/c23-18-7-3-1-5-15(18)11-26-12-16(9-10-21(26)29)25-20(28)13-27-14-24-19-8-4-2-6-17(19)22(27)30/h1-10,12,14H,11,13H2,(H,25,28). The summed E-state index contributed by atoms with van der Waals surface area (Å²) in [5.41, 5.74) is 1.29. The van der Waals surface area contributed by atoms with Gasteiger partial charge in [0.2, 0.25) is 5.91 Å². The molecule has 7 nitrogen and oxygen atoms in total. The van der Waals surface area contributed by atoms with Crippen LogP contribution in [0.1, 0.15) is 5.56 Å². The van der Waals surface area contributed by atoms with Crippen LogP contribution in [0.15, 0.2) is 82.8 Å². The lowest BCUT2D eigenvalue weighted by Gasteiger charge is -2.11. The molecule has 0 atom stereocenters. The van der Waals surface area contributed by atoms with E-state index in [4.69, 9.17) is 11.6 Å². The minimum Gasteiger partial charge on any atom is -0.323 e. The van der Waals surface area contributed by atoms with Gasteiger partial charge in [-0.25, -0.2) is 4.98 Å². The maximum Gasteiger partial charge on any atom is 0.261 e. The van der Waals surface area contributed by atoms with Crippen molar-refractivity contribution >= 4 is 34.1 Å². The number of para-hydroxylation sites is 1. The first-order chi connectivity index (χ1) is 14.5. The molecule has 0 aliphatic rings. The first-order valence-electron chi connectivity index (χ1n) is 9.19. The number of nitrogens with one attached hydrogen (secondary N) is 1. The number of rotatable bonds is 5. The number of fused-ring (bicyclic) bond motifs is 1. The van der Waals surface area contributed by atoms with Crippen LogP contribution in [0.4, 0.5) is 5.69 Å². The van der Waals surface area contributed by atoms with Crippen LogP contribution in [-0.4, -0.2) is 20.0 Å². The van der Waals surface area contributed by atoms with E-state index < -0.39 is 5.91 Å². The van der Waals surface area contributed by atoms with Crippen LogP contribution in [-0.2, 0) is 17.9 Å². The van der Waals surface area contributed by atoms with E-state index in [0.29, 0.717) is 21.6 Å². The molecule has 2 aromatic heterocycles. The highest BCUT2D eigenvalue weighted by atomic mass is 35.5. The minimum absolute atomic E-state index is 0.194. The third kappa shape index (κ3) is 4.16. The molecule has 4 aromatic rings. The van der Waals surface area contributed by atoms with E-state index in [1.54, 1.807) is 36.5 Å². The molecule has 0 bridgehead atoms. The molecule has 150 valence electrons. The number of hydrogen-bond acceptors (Lipinski definition) is 4. The number of amides is 1. The van der Waals surface area contributed by atoms with Gasteiger partial charge in [-0.2, -0.15) is 0 Å². The smallest absolute Gasteiger partial charge is 0.261 e. The topological polar surface area (TPSA) is 86.0 Å². The summed E-state index contributed by atoms with van der Waals surface area (Å²) in [5.74, 6) is -0.405. The van der Waals surface area contributed by atoms with Crippen LogP contribution in [0.5, 0.6) is 0 Å². The van der Waals surface area contributed by atoms with Crippen molar-refractivity contribution in [2.45, 2.75) is 13.1 Å². The monoisotopic (exact) mass is 420 g/mol. The van der Waals surface area contributed by atoms with Crippen molar-refractivity contribution in [3.05, 3.63) is 104 Å². The van der Waals surface area contributed by atoms with Crippen LogP contribution >= 0.6 is 11.6 Å². The average molecular weight is 421 g/mol. The molecular formula is C22H17ClN4O3. The zero-order chi connectivity index (χ0) is 21.1. The molecule has 0 radical (unpaired) electrons. The summed E-state index contributed by atoms with van der Waals surface area (Å²) in [6.45, 7) is 0.0799. The van der Waals surface area contributed by atoms with Gasteiger partial charge in [0.05, 0.1) is 29.5 Å². The van der Waals surface area contributed by atoms with Crippen molar-refractivity contribution in [2.24, 2.45) is 0 Å². The fourth-order valence-corrected chi connectivity index (χ4v) is 3.31. The zero-order valence-corrected chi connectivity index (χ0v) is 16.5. The molecule has 0 unspecified atom stereocenters. The van der Waals surface area contributed by atoms with E-state index in [1.165, 1.54) is 27.6 Å². The highest BCUT2D eigenvalue weighted by Gasteiger charge is 2.10. The summed E-state index contributed by atoms with van der Waals surface area (Å²) < 4.78 is 2.71. The predicted octanol–water partition coefficient (Wildman–Crippen LogP) is 2.90. The number of nitrogens with zero attached hydrogens (tertiary/aromatic N) is 3. The van der Waals surface area contributed by atoms with Gasteiger partial charge in [0.15, 0.2) is 0 Å². The molecule has 0 saturated heterocycles. The van der Waals surface area contributed by atoms with Crippen molar-refractivity contribution in [3.8, 4) is 0 Å². The third-order valence-electron chi connectivity index (χ3n) is 4.61. The summed E-state index contributed by atoms with van der Waals surface area (Å²) in [7, 11) is 0. The molecule has 30 heavy (non-hydrogen) atoms. The molecule has 8 heteroatoms. The van der Waals surface area contributed by atoms with Crippen LogP contribution in [0.2, 0.25) is 5.02 Å². The van der Waals surface area contributed by atoms with E-state index in [1.807, 2.05) is 18.2 Å². The quantitative estimate of drug-likeness (QED) is 0.538. The van der Waals surface area contributed by atoms with E-state index in [2.05, 4.69) is 10.3 Å². The lowest BCUT2D eigenvalue weighted by molar-refractivity contribution is -0.116. The number of carbonyl (C=O) groups is 1. The van der Waals surface area contributed by atoms with E-state index >= 15 is 0 Å². The van der Waals surface area contributed by atoms with Gasteiger partial charge < -0.3 is 9.88 Å². The first-order valence-corrected chi connectivity index (χ1v) is 9.57.